The average molecular weight is 283 g/mol. The highest BCUT2D eigenvalue weighted by Gasteiger charge is 2.08. The second-order valence-electron chi connectivity index (χ2n) is 4.89. The minimum absolute atomic E-state index is 0.209. The minimum Gasteiger partial charge on any atom is -0.340 e. The zero-order valence-corrected chi connectivity index (χ0v) is 12.0. The highest BCUT2D eigenvalue weighted by molar-refractivity contribution is 5.35. The van der Waals surface area contributed by atoms with Crippen LogP contribution in [0.15, 0.2) is 47.5 Å². The van der Waals surface area contributed by atoms with Gasteiger partial charge in [0.1, 0.15) is 0 Å². The topological polar surface area (TPSA) is 68.8 Å². The van der Waals surface area contributed by atoms with Crippen LogP contribution in [0.25, 0.3) is 5.69 Å². The minimum atomic E-state index is 0.209. The molecule has 1 N–H and O–H groups in total. The molecule has 3 aromatic rings. The SMILES string of the molecule is Cc1nc(CNC(C)c2ccc(-n3ccnc3)cc2)no1. The second-order valence-corrected chi connectivity index (χ2v) is 4.89. The van der Waals surface area contributed by atoms with Crippen molar-refractivity contribution < 1.29 is 4.52 Å². The number of benzene rings is 1. The molecule has 0 radical (unpaired) electrons. The summed E-state index contributed by atoms with van der Waals surface area (Å²) in [6.07, 6.45) is 5.48. The molecule has 6 nitrogen and oxygen atoms in total. The molecule has 1 aromatic carbocycles. The predicted molar refractivity (Wildman–Crippen MR) is 77.9 cm³/mol. The first-order valence-electron chi connectivity index (χ1n) is 6.83. The zero-order chi connectivity index (χ0) is 14.7. The highest BCUT2D eigenvalue weighted by Crippen LogP contribution is 2.16. The van der Waals surface area contributed by atoms with Crippen LogP contribution in [0.4, 0.5) is 0 Å². The van der Waals surface area contributed by atoms with Crippen molar-refractivity contribution in [1.82, 2.24) is 25.0 Å². The van der Waals surface area contributed by atoms with Crippen molar-refractivity contribution in [3.05, 3.63) is 60.3 Å². The Hall–Kier alpha value is -2.47. The molecule has 0 aliphatic rings. The molecule has 6 heteroatoms. The molecule has 21 heavy (non-hydrogen) atoms. The smallest absolute Gasteiger partial charge is 0.223 e. The van der Waals surface area contributed by atoms with E-state index < -0.39 is 0 Å². The number of rotatable bonds is 5. The van der Waals surface area contributed by atoms with Crippen LogP contribution in [0.5, 0.6) is 0 Å². The van der Waals surface area contributed by atoms with E-state index in [2.05, 4.69) is 51.6 Å². The maximum atomic E-state index is 4.95. The third kappa shape index (κ3) is 3.17. The van der Waals surface area contributed by atoms with Gasteiger partial charge in [-0.25, -0.2) is 4.98 Å². The van der Waals surface area contributed by atoms with Gasteiger partial charge in [-0.2, -0.15) is 4.98 Å². The Bertz CT molecular complexity index is 687. The molecule has 2 aromatic heterocycles. The van der Waals surface area contributed by atoms with Crippen LogP contribution < -0.4 is 5.32 Å². The van der Waals surface area contributed by atoms with Gasteiger partial charge in [-0.3, -0.25) is 0 Å². The summed E-state index contributed by atoms with van der Waals surface area (Å²) in [5, 5.41) is 7.25. The van der Waals surface area contributed by atoms with Crippen molar-refractivity contribution >= 4 is 0 Å². The van der Waals surface area contributed by atoms with Gasteiger partial charge in [0, 0.05) is 31.0 Å². The van der Waals surface area contributed by atoms with Crippen LogP contribution in [0, 0.1) is 6.92 Å². The zero-order valence-electron chi connectivity index (χ0n) is 12.0. The fourth-order valence-electron chi connectivity index (χ4n) is 2.12. The van der Waals surface area contributed by atoms with Gasteiger partial charge in [0.25, 0.3) is 0 Å². The summed E-state index contributed by atoms with van der Waals surface area (Å²) >= 11 is 0. The van der Waals surface area contributed by atoms with E-state index in [4.69, 9.17) is 4.52 Å². The normalized spacial score (nSPS) is 12.5. The lowest BCUT2D eigenvalue weighted by molar-refractivity contribution is 0.384. The van der Waals surface area contributed by atoms with Gasteiger partial charge < -0.3 is 14.4 Å². The van der Waals surface area contributed by atoms with Crippen LogP contribution >= 0.6 is 0 Å². The third-order valence-corrected chi connectivity index (χ3v) is 3.33. The van der Waals surface area contributed by atoms with Crippen LogP contribution in [-0.2, 0) is 6.54 Å². The number of aromatic nitrogens is 4. The molecule has 0 fully saturated rings. The third-order valence-electron chi connectivity index (χ3n) is 3.33. The van der Waals surface area contributed by atoms with E-state index in [1.54, 1.807) is 19.4 Å². The summed E-state index contributed by atoms with van der Waals surface area (Å²) in [5.41, 5.74) is 2.30. The van der Waals surface area contributed by atoms with Gasteiger partial charge in [-0.15, -0.1) is 0 Å². The van der Waals surface area contributed by atoms with E-state index in [0.29, 0.717) is 18.3 Å². The largest absolute Gasteiger partial charge is 0.340 e. The van der Waals surface area contributed by atoms with Crippen molar-refractivity contribution in [2.24, 2.45) is 0 Å². The van der Waals surface area contributed by atoms with Crippen LogP contribution in [0.1, 0.15) is 30.2 Å². The maximum absolute atomic E-state index is 4.95. The number of imidazole rings is 1. The molecule has 0 amide bonds. The average Bonchev–Trinajstić information content (AvgIpc) is 3.16. The molecule has 0 aliphatic heterocycles. The van der Waals surface area contributed by atoms with Crippen LogP contribution in [-0.4, -0.2) is 19.7 Å². The molecule has 0 spiro atoms. The van der Waals surface area contributed by atoms with Gasteiger partial charge in [0.15, 0.2) is 5.82 Å². The van der Waals surface area contributed by atoms with Crippen molar-refractivity contribution in [3.8, 4) is 5.69 Å². The summed E-state index contributed by atoms with van der Waals surface area (Å²) < 4.78 is 6.93. The van der Waals surface area contributed by atoms with Gasteiger partial charge >= 0.3 is 0 Å². The predicted octanol–water partition coefficient (Wildman–Crippen LogP) is 2.41. The quantitative estimate of drug-likeness (QED) is 0.778. The van der Waals surface area contributed by atoms with Crippen LogP contribution in [0.3, 0.4) is 0 Å². The summed E-state index contributed by atoms with van der Waals surface area (Å²) in [7, 11) is 0. The summed E-state index contributed by atoms with van der Waals surface area (Å²) in [6.45, 7) is 4.48. The molecule has 3 rings (SSSR count). The molecule has 2 heterocycles. The second kappa shape index (κ2) is 5.88. The fourth-order valence-corrected chi connectivity index (χ4v) is 2.12. The summed E-state index contributed by atoms with van der Waals surface area (Å²) in [6, 6.07) is 8.57. The van der Waals surface area contributed by atoms with Gasteiger partial charge in [-0.05, 0) is 24.6 Å². The van der Waals surface area contributed by atoms with Gasteiger partial charge in [0.05, 0.1) is 12.9 Å². The lowest BCUT2D eigenvalue weighted by Crippen LogP contribution is -2.18. The monoisotopic (exact) mass is 283 g/mol. The molecule has 0 saturated carbocycles. The number of hydrogen-bond donors (Lipinski definition) is 1. The van der Waals surface area contributed by atoms with E-state index >= 15 is 0 Å². The van der Waals surface area contributed by atoms with E-state index in [1.165, 1.54) is 5.56 Å². The summed E-state index contributed by atoms with van der Waals surface area (Å²) in [5.74, 6) is 1.26. The van der Waals surface area contributed by atoms with Crippen molar-refractivity contribution in [1.29, 1.82) is 0 Å². The maximum Gasteiger partial charge on any atom is 0.223 e. The Balaban J connectivity index is 1.63. The molecule has 0 aliphatic carbocycles. The van der Waals surface area contributed by atoms with E-state index in [-0.39, 0.29) is 6.04 Å². The Labute approximate surface area is 122 Å². The first-order chi connectivity index (χ1) is 10.2. The lowest BCUT2D eigenvalue weighted by Gasteiger charge is -2.13. The van der Waals surface area contributed by atoms with E-state index in [0.717, 1.165) is 5.69 Å². The van der Waals surface area contributed by atoms with Gasteiger partial charge in [0.2, 0.25) is 5.89 Å². The Morgan fingerprint density at radius 1 is 1.29 bits per heavy atom. The molecule has 1 unspecified atom stereocenters. The van der Waals surface area contributed by atoms with Gasteiger partial charge in [-0.1, -0.05) is 17.3 Å². The number of nitrogens with one attached hydrogen (secondary N) is 1. The molecular formula is C15H17N5O. The Morgan fingerprint density at radius 3 is 2.71 bits per heavy atom. The Kier molecular flexibility index (Phi) is 3.79. The fraction of sp³-hybridized carbons (Fsp3) is 0.267. The van der Waals surface area contributed by atoms with Crippen molar-refractivity contribution in [2.75, 3.05) is 0 Å². The standard InChI is InChI=1S/C15H17N5O/c1-11(17-9-15-18-12(2)21-19-15)13-3-5-14(6-4-13)20-8-7-16-10-20/h3-8,10-11,17H,9H2,1-2H3. The Morgan fingerprint density at radius 2 is 2.10 bits per heavy atom. The number of hydrogen-bond acceptors (Lipinski definition) is 5. The van der Waals surface area contributed by atoms with Crippen LogP contribution in [0.2, 0.25) is 0 Å². The molecule has 1 atom stereocenters. The molecule has 0 bridgehead atoms. The highest BCUT2D eigenvalue weighted by atomic mass is 16.5. The van der Waals surface area contributed by atoms with Crippen molar-refractivity contribution in [3.63, 3.8) is 0 Å². The van der Waals surface area contributed by atoms with E-state index in [9.17, 15) is 0 Å². The molecule has 0 saturated heterocycles. The number of aryl methyl sites for hydroxylation is 1. The van der Waals surface area contributed by atoms with Crippen molar-refractivity contribution in [2.45, 2.75) is 26.4 Å². The van der Waals surface area contributed by atoms with E-state index in [1.807, 2.05) is 10.8 Å². The molecular weight excluding hydrogens is 266 g/mol. The molecule has 108 valence electrons. The lowest BCUT2D eigenvalue weighted by atomic mass is 10.1. The first kappa shape index (κ1) is 13.5. The number of nitrogens with zero attached hydrogens (tertiary/aromatic N) is 4. The first-order valence-corrected chi connectivity index (χ1v) is 6.83. The summed E-state index contributed by atoms with van der Waals surface area (Å²) in [4.78, 5) is 8.22.